The first-order chi connectivity index (χ1) is 18.4. The lowest BCUT2D eigenvalue weighted by Crippen LogP contribution is -2.29. The van der Waals surface area contributed by atoms with Crippen molar-refractivity contribution in [1.82, 2.24) is 10.2 Å². The largest absolute Gasteiger partial charge is 0.507 e. The maximum atomic E-state index is 13.4. The summed E-state index contributed by atoms with van der Waals surface area (Å²) in [5, 5.41) is 20.7. The van der Waals surface area contributed by atoms with Crippen LogP contribution in [-0.4, -0.2) is 34.1 Å². The molecule has 1 atom stereocenters. The molecular formula is C27H19BrClN3O4S2. The highest BCUT2D eigenvalue weighted by Gasteiger charge is 2.48. The third-order valence-electron chi connectivity index (χ3n) is 5.85. The summed E-state index contributed by atoms with van der Waals surface area (Å²) in [6, 6.07) is 20.5. The molecule has 4 aromatic rings. The number of hydrogen-bond donors (Lipinski definition) is 1. The molecule has 1 aliphatic rings. The van der Waals surface area contributed by atoms with E-state index in [9.17, 15) is 14.7 Å². The first-order valence-corrected chi connectivity index (χ1v) is 14.2. The van der Waals surface area contributed by atoms with E-state index < -0.39 is 17.7 Å². The number of anilines is 1. The molecule has 3 aromatic carbocycles. The molecule has 0 saturated carbocycles. The van der Waals surface area contributed by atoms with Crippen molar-refractivity contribution in [3.63, 3.8) is 0 Å². The third kappa shape index (κ3) is 5.35. The van der Waals surface area contributed by atoms with Crippen molar-refractivity contribution in [2.45, 2.75) is 16.1 Å². The van der Waals surface area contributed by atoms with Crippen LogP contribution < -0.4 is 9.64 Å². The molecule has 7 nitrogen and oxygen atoms in total. The summed E-state index contributed by atoms with van der Waals surface area (Å²) in [7, 11) is 1.53. The summed E-state index contributed by atoms with van der Waals surface area (Å²) < 4.78 is 6.83. The van der Waals surface area contributed by atoms with Crippen molar-refractivity contribution >= 4 is 73.2 Å². The molecular weight excluding hydrogens is 610 g/mol. The predicted octanol–water partition coefficient (Wildman–Crippen LogP) is 6.88. The number of carbonyl (C=O) groups excluding carboxylic acids is 2. The van der Waals surface area contributed by atoms with Gasteiger partial charge >= 0.3 is 5.91 Å². The minimum absolute atomic E-state index is 0.0313. The van der Waals surface area contributed by atoms with E-state index in [0.717, 1.165) is 10.0 Å². The summed E-state index contributed by atoms with van der Waals surface area (Å²) in [6.07, 6.45) is 0. The summed E-state index contributed by atoms with van der Waals surface area (Å²) in [6.45, 7) is 0. The number of hydrogen-bond acceptors (Lipinski definition) is 8. The number of benzene rings is 3. The van der Waals surface area contributed by atoms with Gasteiger partial charge in [0.15, 0.2) is 4.34 Å². The van der Waals surface area contributed by atoms with E-state index in [1.807, 2.05) is 24.3 Å². The lowest BCUT2D eigenvalue weighted by molar-refractivity contribution is -0.132. The Labute approximate surface area is 240 Å². The van der Waals surface area contributed by atoms with Gasteiger partial charge in [-0.3, -0.25) is 14.5 Å². The first-order valence-electron chi connectivity index (χ1n) is 11.3. The number of rotatable bonds is 7. The fourth-order valence-corrected chi connectivity index (χ4v) is 6.22. The molecule has 5 rings (SSSR count). The highest BCUT2D eigenvalue weighted by molar-refractivity contribution is 9.10. The molecule has 38 heavy (non-hydrogen) atoms. The SMILES string of the molecule is COc1cccc(C2/C(=C(/O)c3ccc(Br)cc3)C(=O)C(=O)N2c2nnc(SCc3ccc(Cl)cc3)s2)c1. The Bertz CT molecular complexity index is 1540. The standard InChI is InChI=1S/C27H19BrClN3O4S2/c1-36-20-4-2-3-17(13-20)22-21(23(33)16-7-9-18(28)10-8-16)24(34)25(35)32(22)26-30-31-27(38-26)37-14-15-5-11-19(29)12-6-15/h2-13,22,33H,14H2,1H3/b23-21-. The number of methoxy groups -OCH3 is 1. The maximum absolute atomic E-state index is 13.4. The van der Waals surface area contributed by atoms with Crippen LogP contribution in [0.1, 0.15) is 22.7 Å². The summed E-state index contributed by atoms with van der Waals surface area (Å²) >= 11 is 12.0. The first kappa shape index (κ1) is 26.4. The van der Waals surface area contributed by atoms with Crippen molar-refractivity contribution in [1.29, 1.82) is 0 Å². The molecule has 0 bridgehead atoms. The highest BCUT2D eigenvalue weighted by Crippen LogP contribution is 2.44. The molecule has 192 valence electrons. The van der Waals surface area contributed by atoms with Gasteiger partial charge in [-0.15, -0.1) is 10.2 Å². The quantitative estimate of drug-likeness (QED) is 0.0784. The Kier molecular flexibility index (Phi) is 7.85. The Morgan fingerprint density at radius 3 is 2.55 bits per heavy atom. The second-order valence-electron chi connectivity index (χ2n) is 8.22. The van der Waals surface area contributed by atoms with Gasteiger partial charge in [-0.25, -0.2) is 0 Å². The van der Waals surface area contributed by atoms with E-state index in [-0.39, 0.29) is 16.5 Å². The molecule has 1 aromatic heterocycles. The van der Waals surface area contributed by atoms with Gasteiger partial charge in [-0.05, 0) is 47.5 Å². The molecule has 0 aliphatic carbocycles. The number of aliphatic hydroxyl groups excluding tert-OH is 1. The van der Waals surface area contributed by atoms with Crippen LogP contribution in [0, 0.1) is 0 Å². The predicted molar refractivity (Wildman–Crippen MR) is 153 cm³/mol. The minimum Gasteiger partial charge on any atom is -0.507 e. The number of amides is 1. The monoisotopic (exact) mass is 627 g/mol. The maximum Gasteiger partial charge on any atom is 0.301 e. The summed E-state index contributed by atoms with van der Waals surface area (Å²) in [4.78, 5) is 28.0. The van der Waals surface area contributed by atoms with E-state index >= 15 is 0 Å². The van der Waals surface area contributed by atoms with Gasteiger partial charge in [0.2, 0.25) is 5.13 Å². The van der Waals surface area contributed by atoms with Crippen molar-refractivity contribution in [2.24, 2.45) is 0 Å². The number of nitrogens with zero attached hydrogens (tertiary/aromatic N) is 3. The number of ketones is 1. The molecule has 1 amide bonds. The molecule has 0 spiro atoms. The van der Waals surface area contributed by atoms with Crippen LogP contribution in [0.2, 0.25) is 5.02 Å². The van der Waals surface area contributed by atoms with E-state index in [2.05, 4.69) is 26.1 Å². The number of ether oxygens (including phenoxy) is 1. The molecule has 1 unspecified atom stereocenters. The smallest absolute Gasteiger partial charge is 0.301 e. The highest BCUT2D eigenvalue weighted by atomic mass is 79.9. The van der Waals surface area contributed by atoms with E-state index in [0.29, 0.717) is 32.0 Å². The van der Waals surface area contributed by atoms with Gasteiger partial charge in [0.25, 0.3) is 5.78 Å². The van der Waals surface area contributed by atoms with Crippen LogP contribution in [0.25, 0.3) is 5.76 Å². The normalized spacial score (nSPS) is 16.7. The van der Waals surface area contributed by atoms with Crippen LogP contribution in [0.15, 0.2) is 87.2 Å². The minimum atomic E-state index is -0.921. The second kappa shape index (κ2) is 11.3. The average molecular weight is 629 g/mol. The summed E-state index contributed by atoms with van der Waals surface area (Å²) in [5.41, 5.74) is 2.03. The topological polar surface area (TPSA) is 92.6 Å². The number of aromatic nitrogens is 2. The second-order valence-corrected chi connectivity index (χ2v) is 11.7. The fraction of sp³-hybridized carbons (Fsp3) is 0.111. The molecule has 1 aliphatic heterocycles. The molecule has 1 saturated heterocycles. The molecule has 0 radical (unpaired) electrons. The van der Waals surface area contributed by atoms with Gasteiger partial charge in [-0.1, -0.05) is 87.0 Å². The van der Waals surface area contributed by atoms with Crippen LogP contribution in [0.5, 0.6) is 5.75 Å². The lowest BCUT2D eigenvalue weighted by Gasteiger charge is -2.22. The number of thioether (sulfide) groups is 1. The summed E-state index contributed by atoms with van der Waals surface area (Å²) in [5.74, 6) is -0.681. The number of carbonyl (C=O) groups is 2. The van der Waals surface area contributed by atoms with Crippen LogP contribution in [0.4, 0.5) is 5.13 Å². The Hall–Kier alpha value is -3.18. The Morgan fingerprint density at radius 2 is 1.84 bits per heavy atom. The molecule has 2 heterocycles. The van der Waals surface area contributed by atoms with E-state index in [4.69, 9.17) is 16.3 Å². The van der Waals surface area contributed by atoms with Crippen molar-refractivity contribution in [3.05, 3.63) is 105 Å². The number of aliphatic hydroxyl groups is 1. The van der Waals surface area contributed by atoms with E-state index in [1.54, 1.807) is 48.5 Å². The van der Waals surface area contributed by atoms with Crippen molar-refractivity contribution in [2.75, 3.05) is 12.0 Å². The zero-order valence-electron chi connectivity index (χ0n) is 19.8. The van der Waals surface area contributed by atoms with Gasteiger partial charge in [0.1, 0.15) is 11.5 Å². The van der Waals surface area contributed by atoms with Crippen molar-refractivity contribution in [3.8, 4) is 5.75 Å². The lowest BCUT2D eigenvalue weighted by atomic mass is 9.95. The third-order valence-corrected chi connectivity index (χ3v) is 8.76. The van der Waals surface area contributed by atoms with Gasteiger partial charge < -0.3 is 9.84 Å². The van der Waals surface area contributed by atoms with Gasteiger partial charge in [-0.2, -0.15) is 0 Å². The zero-order valence-corrected chi connectivity index (χ0v) is 23.8. The molecule has 11 heteroatoms. The fourth-order valence-electron chi connectivity index (χ4n) is 4.00. The number of Topliss-reactive ketones (excluding diaryl/α,β-unsaturated/α-hetero) is 1. The average Bonchev–Trinajstić information content (AvgIpc) is 3.50. The van der Waals surface area contributed by atoms with Crippen LogP contribution >= 0.6 is 50.6 Å². The Morgan fingerprint density at radius 1 is 1.11 bits per heavy atom. The van der Waals surface area contributed by atoms with E-state index in [1.165, 1.54) is 35.1 Å². The Balaban J connectivity index is 1.54. The van der Waals surface area contributed by atoms with Gasteiger partial charge in [0, 0.05) is 20.8 Å². The number of halogens is 2. The van der Waals surface area contributed by atoms with Crippen LogP contribution in [-0.2, 0) is 15.3 Å². The van der Waals surface area contributed by atoms with Crippen LogP contribution in [0.3, 0.4) is 0 Å². The van der Waals surface area contributed by atoms with Gasteiger partial charge in [0.05, 0.1) is 18.7 Å². The molecule has 1 fully saturated rings. The zero-order chi connectivity index (χ0) is 26.8. The van der Waals surface area contributed by atoms with Crippen molar-refractivity contribution < 1.29 is 19.4 Å². The molecule has 1 N–H and O–H groups in total.